The van der Waals surface area contributed by atoms with E-state index < -0.39 is 23.6 Å². The fourth-order valence-electron chi connectivity index (χ4n) is 5.60. The van der Waals surface area contributed by atoms with Gasteiger partial charge in [0.2, 0.25) is 5.95 Å². The average Bonchev–Trinajstić information content (AvgIpc) is 3.57. The molecule has 0 unspecified atom stereocenters. The third-order valence-corrected chi connectivity index (χ3v) is 7.52. The fourth-order valence-corrected chi connectivity index (χ4v) is 5.60. The molecule has 1 fully saturated rings. The van der Waals surface area contributed by atoms with E-state index in [2.05, 4.69) is 9.97 Å². The van der Waals surface area contributed by atoms with E-state index in [1.54, 1.807) is 28.0 Å². The van der Waals surface area contributed by atoms with E-state index in [-0.39, 0.29) is 24.1 Å². The summed E-state index contributed by atoms with van der Waals surface area (Å²) in [5, 5.41) is 10.0. The Bertz CT molecular complexity index is 1620. The maximum atomic E-state index is 14.5. The molecule has 1 aromatic heterocycles. The van der Waals surface area contributed by atoms with E-state index in [0.717, 1.165) is 23.3 Å². The minimum Gasteiger partial charge on any atom is -0.480 e. The molecule has 2 aliphatic heterocycles. The van der Waals surface area contributed by atoms with E-state index in [9.17, 15) is 23.5 Å². The maximum absolute atomic E-state index is 14.5. The average molecular weight is 530 g/mol. The van der Waals surface area contributed by atoms with Crippen molar-refractivity contribution in [2.75, 3.05) is 12.3 Å². The van der Waals surface area contributed by atoms with Crippen LogP contribution in [0.15, 0.2) is 54.6 Å². The number of likely N-dealkylation sites (tertiary alicyclic amines) is 1. The van der Waals surface area contributed by atoms with Gasteiger partial charge in [0.25, 0.3) is 5.91 Å². The number of carbonyl (C=O) groups is 2. The zero-order chi connectivity index (χ0) is 27.3. The highest BCUT2D eigenvalue weighted by molar-refractivity contribution is 6.06. The van der Waals surface area contributed by atoms with Crippen LogP contribution in [0.1, 0.15) is 40.0 Å². The standard InChI is InChI=1S/C29H25F2N5O3/c30-22-11-19(15-35-9-3-6-25(35)28(38)39)20(12-23(22)31)16-7-8-24-21(10-16)26(34-29(32)33-24)27(37)36-13-17-4-1-2-5-18(17)14-36/h1-2,4-5,7-8,10-12,25H,3,6,9,13-15H2,(H,38,39)(H2,32,33,34)/t25-/m0/s1. The van der Waals surface area contributed by atoms with Crippen LogP contribution >= 0.6 is 0 Å². The van der Waals surface area contributed by atoms with Crippen LogP contribution in [0.5, 0.6) is 0 Å². The minimum atomic E-state index is -1.02. The first kappa shape index (κ1) is 24.9. The van der Waals surface area contributed by atoms with Crippen molar-refractivity contribution in [3.05, 3.63) is 88.6 Å². The summed E-state index contributed by atoms with van der Waals surface area (Å²) in [5.41, 5.74) is 10.0. The zero-order valence-electron chi connectivity index (χ0n) is 20.9. The molecule has 2 aliphatic rings. The van der Waals surface area contributed by atoms with Gasteiger partial charge in [-0.15, -0.1) is 0 Å². The van der Waals surface area contributed by atoms with E-state index in [1.165, 1.54) is 0 Å². The second-order valence-electron chi connectivity index (χ2n) is 9.98. The summed E-state index contributed by atoms with van der Waals surface area (Å²) in [6.07, 6.45) is 1.20. The van der Waals surface area contributed by atoms with Crippen molar-refractivity contribution in [1.29, 1.82) is 0 Å². The van der Waals surface area contributed by atoms with E-state index in [4.69, 9.17) is 5.73 Å². The van der Waals surface area contributed by atoms with Crippen LogP contribution in [0, 0.1) is 11.6 Å². The number of hydrogen-bond acceptors (Lipinski definition) is 6. The van der Waals surface area contributed by atoms with Gasteiger partial charge in [-0.3, -0.25) is 14.5 Å². The van der Waals surface area contributed by atoms with Gasteiger partial charge in [0.15, 0.2) is 11.6 Å². The molecule has 3 aromatic carbocycles. The number of carbonyl (C=O) groups excluding carboxylic acids is 1. The van der Waals surface area contributed by atoms with Crippen LogP contribution in [0.25, 0.3) is 22.0 Å². The van der Waals surface area contributed by atoms with Crippen LogP contribution in [-0.4, -0.2) is 49.3 Å². The van der Waals surface area contributed by atoms with Gasteiger partial charge < -0.3 is 15.7 Å². The third-order valence-electron chi connectivity index (χ3n) is 7.52. The number of aromatic nitrogens is 2. The highest BCUT2D eigenvalue weighted by Crippen LogP contribution is 2.33. The van der Waals surface area contributed by atoms with Crippen molar-refractivity contribution in [3.63, 3.8) is 0 Å². The Hall–Kier alpha value is -4.44. The fraction of sp³-hybridized carbons (Fsp3) is 0.241. The Balaban J connectivity index is 1.41. The molecule has 39 heavy (non-hydrogen) atoms. The van der Waals surface area contributed by atoms with Gasteiger partial charge in [-0.1, -0.05) is 30.3 Å². The molecule has 0 saturated carbocycles. The Morgan fingerprint density at radius 2 is 1.72 bits per heavy atom. The molecule has 0 aliphatic carbocycles. The first-order valence-electron chi connectivity index (χ1n) is 12.7. The van der Waals surface area contributed by atoms with Gasteiger partial charge in [-0.2, -0.15) is 0 Å². The smallest absolute Gasteiger partial charge is 0.320 e. The van der Waals surface area contributed by atoms with Crippen LogP contribution < -0.4 is 5.73 Å². The molecule has 6 rings (SSSR count). The predicted octanol–water partition coefficient (Wildman–Crippen LogP) is 4.36. The summed E-state index contributed by atoms with van der Waals surface area (Å²) in [6, 6.07) is 14.4. The molecule has 1 saturated heterocycles. The first-order chi connectivity index (χ1) is 18.8. The Morgan fingerprint density at radius 3 is 2.44 bits per heavy atom. The second-order valence-corrected chi connectivity index (χ2v) is 9.98. The number of rotatable bonds is 5. The lowest BCUT2D eigenvalue weighted by molar-refractivity contribution is -0.142. The largest absolute Gasteiger partial charge is 0.480 e. The van der Waals surface area contributed by atoms with Gasteiger partial charge in [0.1, 0.15) is 11.7 Å². The molecule has 1 amide bonds. The Kier molecular flexibility index (Phi) is 6.19. The molecular formula is C29H25F2N5O3. The summed E-state index contributed by atoms with van der Waals surface area (Å²) >= 11 is 0. The minimum absolute atomic E-state index is 0.0439. The number of aliphatic carboxylic acids is 1. The normalized spacial score (nSPS) is 17.1. The number of anilines is 1. The highest BCUT2D eigenvalue weighted by Gasteiger charge is 2.31. The molecule has 8 nitrogen and oxygen atoms in total. The summed E-state index contributed by atoms with van der Waals surface area (Å²) < 4.78 is 28.9. The number of fused-ring (bicyclic) bond motifs is 2. The van der Waals surface area contributed by atoms with E-state index in [1.807, 2.05) is 24.3 Å². The number of carboxylic acids is 1. The number of nitrogen functional groups attached to an aromatic ring is 1. The van der Waals surface area contributed by atoms with Crippen LogP contribution in [-0.2, 0) is 24.4 Å². The third kappa shape index (κ3) is 4.57. The number of amides is 1. The number of carboxylic acid groups (broad SMARTS) is 1. The molecule has 198 valence electrons. The second kappa shape index (κ2) is 9.70. The van der Waals surface area contributed by atoms with Gasteiger partial charge >= 0.3 is 5.97 Å². The number of halogens is 2. The SMILES string of the molecule is Nc1nc(C(=O)N2Cc3ccccc3C2)c2cc(-c3cc(F)c(F)cc3CN3CCC[C@H]3C(=O)O)ccc2n1. The molecule has 1 atom stereocenters. The molecule has 0 spiro atoms. The summed E-state index contributed by atoms with van der Waals surface area (Å²) in [6.45, 7) is 1.55. The lowest BCUT2D eigenvalue weighted by atomic mass is 9.96. The molecule has 3 N–H and O–H groups in total. The molecule has 4 aromatic rings. The number of benzene rings is 3. The Morgan fingerprint density at radius 1 is 1.00 bits per heavy atom. The van der Waals surface area contributed by atoms with Crippen molar-refractivity contribution in [1.82, 2.24) is 19.8 Å². The van der Waals surface area contributed by atoms with Gasteiger partial charge in [-0.05, 0) is 71.5 Å². The quantitative estimate of drug-likeness (QED) is 0.395. The maximum Gasteiger partial charge on any atom is 0.320 e. The molecule has 0 radical (unpaired) electrons. The number of hydrogen-bond donors (Lipinski definition) is 2. The van der Waals surface area contributed by atoms with Gasteiger partial charge in [-0.25, -0.2) is 18.7 Å². The van der Waals surface area contributed by atoms with Crippen LogP contribution in [0.3, 0.4) is 0 Å². The zero-order valence-corrected chi connectivity index (χ0v) is 20.9. The lowest BCUT2D eigenvalue weighted by Crippen LogP contribution is -2.35. The molecular weight excluding hydrogens is 504 g/mol. The first-order valence-corrected chi connectivity index (χ1v) is 12.7. The molecule has 10 heteroatoms. The number of nitrogens with two attached hydrogens (primary N) is 1. The van der Waals surface area contributed by atoms with Gasteiger partial charge in [0.05, 0.1) is 5.52 Å². The molecule has 0 bridgehead atoms. The Labute approximate surface area is 222 Å². The summed E-state index contributed by atoms with van der Waals surface area (Å²) in [5.74, 6) is -3.33. The van der Waals surface area contributed by atoms with Crippen molar-refractivity contribution >= 4 is 28.7 Å². The van der Waals surface area contributed by atoms with E-state index >= 15 is 0 Å². The van der Waals surface area contributed by atoms with Crippen LogP contribution in [0.4, 0.5) is 14.7 Å². The van der Waals surface area contributed by atoms with Crippen molar-refractivity contribution in [3.8, 4) is 11.1 Å². The van der Waals surface area contributed by atoms with Crippen molar-refractivity contribution in [2.24, 2.45) is 0 Å². The summed E-state index contributed by atoms with van der Waals surface area (Å²) in [7, 11) is 0. The summed E-state index contributed by atoms with van der Waals surface area (Å²) in [4.78, 5) is 37.3. The highest BCUT2D eigenvalue weighted by atomic mass is 19.2. The molecule has 3 heterocycles. The predicted molar refractivity (Wildman–Crippen MR) is 140 cm³/mol. The monoisotopic (exact) mass is 529 g/mol. The van der Waals surface area contributed by atoms with Crippen molar-refractivity contribution in [2.45, 2.75) is 38.5 Å². The van der Waals surface area contributed by atoms with E-state index in [0.29, 0.717) is 60.1 Å². The van der Waals surface area contributed by atoms with Gasteiger partial charge in [0, 0.05) is 25.0 Å². The van der Waals surface area contributed by atoms with Crippen molar-refractivity contribution < 1.29 is 23.5 Å². The lowest BCUT2D eigenvalue weighted by Gasteiger charge is -2.23. The topological polar surface area (TPSA) is 113 Å². The van der Waals surface area contributed by atoms with Crippen LogP contribution in [0.2, 0.25) is 0 Å². The number of nitrogens with zero attached hydrogens (tertiary/aromatic N) is 4.